The fraction of sp³-hybridized carbons (Fsp3) is 0.481. The summed E-state index contributed by atoms with van der Waals surface area (Å²) in [6.45, 7) is 8.81. The molecular formula is C27H34N12O. The summed E-state index contributed by atoms with van der Waals surface area (Å²) in [6, 6.07) is 6.41. The molecule has 1 amide bonds. The van der Waals surface area contributed by atoms with E-state index in [0.717, 1.165) is 49.5 Å². The number of fused-ring (bicyclic) bond motifs is 1. The van der Waals surface area contributed by atoms with Gasteiger partial charge < -0.3 is 20.0 Å². The summed E-state index contributed by atoms with van der Waals surface area (Å²) in [4.78, 5) is 23.8. The molecule has 13 heteroatoms. The molecular weight excluding hydrogens is 508 g/mol. The number of likely N-dealkylation sites (N-methyl/N-ethyl adjacent to an activating group) is 1. The van der Waals surface area contributed by atoms with Crippen LogP contribution in [0, 0.1) is 17.2 Å². The molecule has 1 unspecified atom stereocenters. The van der Waals surface area contributed by atoms with Crippen molar-refractivity contribution in [3.8, 4) is 6.07 Å². The Balaban J connectivity index is 1.16. The molecule has 4 aromatic heterocycles. The zero-order valence-corrected chi connectivity index (χ0v) is 23.1. The molecule has 4 aromatic rings. The number of amides is 1. The van der Waals surface area contributed by atoms with Crippen LogP contribution in [0.15, 0.2) is 43.1 Å². The Kier molecular flexibility index (Phi) is 6.63. The van der Waals surface area contributed by atoms with Crippen LogP contribution in [-0.4, -0.2) is 96.2 Å². The van der Waals surface area contributed by atoms with Crippen LogP contribution < -0.4 is 10.2 Å². The van der Waals surface area contributed by atoms with Gasteiger partial charge in [-0.1, -0.05) is 6.92 Å². The number of piperazine rings is 1. The lowest BCUT2D eigenvalue weighted by Crippen LogP contribution is -2.66. The number of anilines is 3. The lowest BCUT2D eigenvalue weighted by molar-refractivity contribution is -0.133. The van der Waals surface area contributed by atoms with Gasteiger partial charge in [-0.05, 0) is 38.1 Å². The molecule has 1 N–H and O–H groups in total. The topological polar surface area (TPSA) is 128 Å². The van der Waals surface area contributed by atoms with E-state index in [0.29, 0.717) is 24.7 Å². The van der Waals surface area contributed by atoms with Crippen molar-refractivity contribution < 1.29 is 4.79 Å². The van der Waals surface area contributed by atoms with Gasteiger partial charge in [0.25, 0.3) is 0 Å². The van der Waals surface area contributed by atoms with Crippen molar-refractivity contribution in [1.29, 1.82) is 5.26 Å². The molecule has 0 aliphatic carbocycles. The van der Waals surface area contributed by atoms with Gasteiger partial charge in [0.2, 0.25) is 11.9 Å². The first-order chi connectivity index (χ1) is 19.4. The van der Waals surface area contributed by atoms with Crippen LogP contribution in [-0.2, 0) is 23.3 Å². The summed E-state index contributed by atoms with van der Waals surface area (Å²) in [6.07, 6.45) is 10.2. The minimum atomic E-state index is -0.397. The number of aromatic nitrogens is 7. The highest BCUT2D eigenvalue weighted by atomic mass is 16.2. The van der Waals surface area contributed by atoms with Gasteiger partial charge in [-0.2, -0.15) is 20.4 Å². The second-order valence-corrected chi connectivity index (χ2v) is 10.8. The second kappa shape index (κ2) is 10.3. The number of nitrogens with one attached hydrogen (secondary N) is 1. The van der Waals surface area contributed by atoms with E-state index in [4.69, 9.17) is 4.98 Å². The molecule has 2 aliphatic rings. The molecule has 0 radical (unpaired) electrons. The molecule has 1 atom stereocenters. The Morgan fingerprint density at radius 2 is 1.98 bits per heavy atom. The lowest BCUT2D eigenvalue weighted by atomic mass is 9.78. The SMILES string of the molecule is CCc1cnn(C2(C(C)C#N)CN(c3cccn4nc(Nc5cnn(CC(=O)N6CCN(C)CC6)c5)nc34)C2)c1. The number of hydrogen-bond acceptors (Lipinski definition) is 9. The lowest BCUT2D eigenvalue weighted by Gasteiger charge is -2.52. The summed E-state index contributed by atoms with van der Waals surface area (Å²) in [7, 11) is 2.07. The molecule has 13 nitrogen and oxygen atoms in total. The summed E-state index contributed by atoms with van der Waals surface area (Å²) in [5.41, 5.74) is 3.13. The fourth-order valence-corrected chi connectivity index (χ4v) is 5.44. The molecule has 2 aliphatic heterocycles. The number of aryl methyl sites for hydroxylation is 1. The highest BCUT2D eigenvalue weighted by Crippen LogP contribution is 2.40. The van der Waals surface area contributed by atoms with Crippen molar-refractivity contribution in [1.82, 2.24) is 44.0 Å². The Morgan fingerprint density at radius 1 is 1.18 bits per heavy atom. The first-order valence-electron chi connectivity index (χ1n) is 13.7. The summed E-state index contributed by atoms with van der Waals surface area (Å²) in [5.74, 6) is 0.299. The summed E-state index contributed by atoms with van der Waals surface area (Å²) < 4.78 is 5.36. The Bertz CT molecular complexity index is 1550. The third-order valence-electron chi connectivity index (χ3n) is 8.15. The summed E-state index contributed by atoms with van der Waals surface area (Å²) >= 11 is 0. The van der Waals surface area contributed by atoms with E-state index < -0.39 is 5.54 Å². The molecule has 6 rings (SSSR count). The Morgan fingerprint density at radius 3 is 2.70 bits per heavy atom. The minimum Gasteiger partial charge on any atom is -0.363 e. The molecule has 0 spiro atoms. The van der Waals surface area contributed by atoms with Crippen molar-refractivity contribution in [2.75, 3.05) is 56.5 Å². The van der Waals surface area contributed by atoms with Crippen molar-refractivity contribution >= 4 is 28.9 Å². The van der Waals surface area contributed by atoms with E-state index in [1.165, 1.54) is 0 Å². The molecule has 0 saturated carbocycles. The van der Waals surface area contributed by atoms with Gasteiger partial charge in [0, 0.05) is 57.9 Å². The monoisotopic (exact) mass is 542 g/mol. The van der Waals surface area contributed by atoms with Crippen LogP contribution in [0.2, 0.25) is 0 Å². The maximum atomic E-state index is 12.7. The number of pyridine rings is 1. The van der Waals surface area contributed by atoms with Crippen LogP contribution in [0.4, 0.5) is 17.3 Å². The number of hydrogen-bond donors (Lipinski definition) is 1. The van der Waals surface area contributed by atoms with E-state index >= 15 is 0 Å². The number of rotatable bonds is 8. The molecule has 40 heavy (non-hydrogen) atoms. The predicted molar refractivity (Wildman–Crippen MR) is 149 cm³/mol. The van der Waals surface area contributed by atoms with E-state index in [2.05, 4.69) is 56.7 Å². The molecule has 2 saturated heterocycles. The van der Waals surface area contributed by atoms with E-state index in [9.17, 15) is 10.1 Å². The number of carbonyl (C=O) groups excluding carboxylic acids is 1. The summed E-state index contributed by atoms with van der Waals surface area (Å²) in [5, 5.41) is 26.6. The standard InChI is InChI=1S/C27H34N12O/c1-4-21-13-30-39(15-21)27(20(2)12-28)18-36(19-27)23-6-5-7-38-25(23)32-26(33-38)31-22-14-29-37(16-22)17-24(40)35-10-8-34(3)9-11-35/h5-7,13-16,20H,4,8-11,17-19H2,1-3H3,(H,31,33). The molecule has 6 heterocycles. The molecule has 208 valence electrons. The highest BCUT2D eigenvalue weighted by Gasteiger charge is 2.50. The van der Waals surface area contributed by atoms with Crippen LogP contribution in [0.1, 0.15) is 19.4 Å². The zero-order chi connectivity index (χ0) is 27.9. The van der Waals surface area contributed by atoms with Gasteiger partial charge >= 0.3 is 0 Å². The van der Waals surface area contributed by atoms with Crippen molar-refractivity contribution in [2.45, 2.75) is 32.4 Å². The third kappa shape index (κ3) is 4.64. The van der Waals surface area contributed by atoms with E-state index in [1.54, 1.807) is 21.6 Å². The van der Waals surface area contributed by atoms with Crippen LogP contribution in [0.3, 0.4) is 0 Å². The average molecular weight is 543 g/mol. The highest BCUT2D eigenvalue weighted by molar-refractivity contribution is 5.76. The van der Waals surface area contributed by atoms with Gasteiger partial charge in [-0.3, -0.25) is 14.2 Å². The molecule has 0 bridgehead atoms. The van der Waals surface area contributed by atoms with Gasteiger partial charge in [0.1, 0.15) is 12.1 Å². The maximum Gasteiger partial charge on any atom is 0.247 e. The van der Waals surface area contributed by atoms with Crippen molar-refractivity contribution in [3.05, 3.63) is 48.7 Å². The first kappa shape index (κ1) is 25.8. The van der Waals surface area contributed by atoms with E-state index in [-0.39, 0.29) is 18.4 Å². The van der Waals surface area contributed by atoms with Crippen LogP contribution in [0.25, 0.3) is 5.65 Å². The van der Waals surface area contributed by atoms with Crippen molar-refractivity contribution in [3.63, 3.8) is 0 Å². The second-order valence-electron chi connectivity index (χ2n) is 10.8. The minimum absolute atomic E-state index is 0.0654. The normalized spacial score (nSPS) is 17.9. The number of nitriles is 1. The fourth-order valence-electron chi connectivity index (χ4n) is 5.44. The maximum absolute atomic E-state index is 12.7. The van der Waals surface area contributed by atoms with Crippen LogP contribution in [0.5, 0.6) is 0 Å². The molecule has 2 fully saturated rings. The van der Waals surface area contributed by atoms with E-state index in [1.807, 2.05) is 41.0 Å². The van der Waals surface area contributed by atoms with Gasteiger partial charge in [0.15, 0.2) is 5.65 Å². The number of carbonyl (C=O) groups is 1. The van der Waals surface area contributed by atoms with Gasteiger partial charge in [-0.15, -0.1) is 5.10 Å². The van der Waals surface area contributed by atoms with Gasteiger partial charge in [-0.25, -0.2) is 4.52 Å². The molecule has 0 aromatic carbocycles. The quantitative estimate of drug-likeness (QED) is 0.353. The Labute approximate surface area is 232 Å². The predicted octanol–water partition coefficient (Wildman–Crippen LogP) is 1.58. The Hall–Kier alpha value is -4.44. The smallest absolute Gasteiger partial charge is 0.247 e. The zero-order valence-electron chi connectivity index (χ0n) is 23.1. The van der Waals surface area contributed by atoms with Gasteiger partial charge in [0.05, 0.1) is 35.8 Å². The average Bonchev–Trinajstić information content (AvgIpc) is 3.68. The van der Waals surface area contributed by atoms with Crippen LogP contribution >= 0.6 is 0 Å². The number of nitrogens with zero attached hydrogens (tertiary/aromatic N) is 11. The largest absolute Gasteiger partial charge is 0.363 e. The first-order valence-corrected chi connectivity index (χ1v) is 13.7. The third-order valence-corrected chi connectivity index (χ3v) is 8.15. The van der Waals surface area contributed by atoms with Crippen molar-refractivity contribution in [2.24, 2.45) is 5.92 Å².